The Kier molecular flexibility index (Phi) is 5.29. The molecule has 11 heteroatoms. The van der Waals surface area contributed by atoms with Crippen molar-refractivity contribution in [2.75, 3.05) is 11.4 Å². The lowest BCUT2D eigenvalue weighted by molar-refractivity contribution is -0.154. The molecule has 1 saturated heterocycles. The number of anilines is 1. The highest BCUT2D eigenvalue weighted by Crippen LogP contribution is 2.50. The third-order valence-electron chi connectivity index (χ3n) is 6.06. The fourth-order valence-corrected chi connectivity index (χ4v) is 5.61. The van der Waals surface area contributed by atoms with Crippen molar-refractivity contribution in [1.29, 1.82) is 0 Å². The molecule has 2 fully saturated rings. The molecule has 178 valence electrons. The van der Waals surface area contributed by atoms with E-state index >= 15 is 0 Å². The molecule has 1 atom stereocenters. The molecule has 3 amide bonds. The summed E-state index contributed by atoms with van der Waals surface area (Å²) in [4.78, 5) is 55.2. The van der Waals surface area contributed by atoms with Gasteiger partial charge in [0.25, 0.3) is 0 Å². The minimum Gasteiger partial charge on any atom is -0.459 e. The molecule has 0 radical (unpaired) electrons. The number of carbonyl (C=O) groups excluding carboxylic acids is 4. The van der Waals surface area contributed by atoms with Crippen LogP contribution in [-0.4, -0.2) is 50.9 Å². The zero-order valence-corrected chi connectivity index (χ0v) is 20.5. The number of amides is 3. The van der Waals surface area contributed by atoms with Crippen molar-refractivity contribution < 1.29 is 23.9 Å². The second kappa shape index (κ2) is 7.84. The maximum Gasteiger partial charge on any atom is 0.326 e. The van der Waals surface area contributed by atoms with Gasteiger partial charge in [-0.1, -0.05) is 22.9 Å². The number of carbonyl (C=O) groups is 4. The van der Waals surface area contributed by atoms with Crippen LogP contribution >= 0.6 is 22.9 Å². The summed E-state index contributed by atoms with van der Waals surface area (Å²) in [6.07, 6.45) is 1.80. The number of rotatable bonds is 5. The van der Waals surface area contributed by atoms with Crippen molar-refractivity contribution in [2.24, 2.45) is 0 Å². The lowest BCUT2D eigenvalue weighted by Crippen LogP contribution is -2.48. The van der Waals surface area contributed by atoms with Crippen molar-refractivity contribution in [3.8, 4) is 0 Å². The molecule has 1 aromatic heterocycles. The maximum absolute atomic E-state index is 13.7. The van der Waals surface area contributed by atoms with E-state index in [0.29, 0.717) is 27.2 Å². The quantitative estimate of drug-likeness (QED) is 0.351. The standard InChI is InChI=1S/C23H23ClN4O5S/c1-22(2,3)33-18(30)11-27-15-7-6-13(24)8-14(15)23(20(27)31)9-17(29)28(21(23)32)10-16-25-26-19(34-16)12-4-5-12/h6-8,12H,4-5,9-11H2,1-3H3. The fourth-order valence-electron chi connectivity index (χ4n) is 4.44. The SMILES string of the molecule is CC(C)(C)OC(=O)CN1C(=O)C2(CC(=O)N(Cc3nnc(C4CC4)s3)C2=O)c2cc(Cl)ccc21. The molecule has 1 aliphatic carbocycles. The Morgan fingerprint density at radius 2 is 1.88 bits per heavy atom. The molecule has 34 heavy (non-hydrogen) atoms. The van der Waals surface area contributed by atoms with Crippen LogP contribution in [0.4, 0.5) is 5.69 Å². The van der Waals surface area contributed by atoms with Gasteiger partial charge in [0.2, 0.25) is 17.7 Å². The number of hydrogen-bond acceptors (Lipinski definition) is 8. The minimum atomic E-state index is -1.76. The topological polar surface area (TPSA) is 110 Å². The predicted octanol–water partition coefficient (Wildman–Crippen LogP) is 2.95. The molecular weight excluding hydrogens is 480 g/mol. The zero-order valence-electron chi connectivity index (χ0n) is 19.0. The summed E-state index contributed by atoms with van der Waals surface area (Å²) in [6, 6.07) is 4.69. The summed E-state index contributed by atoms with van der Waals surface area (Å²) < 4.78 is 5.38. The molecule has 0 N–H and O–H groups in total. The van der Waals surface area contributed by atoms with Gasteiger partial charge in [0.1, 0.15) is 22.2 Å². The molecule has 9 nitrogen and oxygen atoms in total. The molecule has 1 saturated carbocycles. The van der Waals surface area contributed by atoms with Gasteiger partial charge in [0, 0.05) is 22.2 Å². The van der Waals surface area contributed by atoms with Crippen molar-refractivity contribution in [3.63, 3.8) is 0 Å². The van der Waals surface area contributed by atoms with Gasteiger partial charge in [-0.25, -0.2) is 0 Å². The van der Waals surface area contributed by atoms with Gasteiger partial charge >= 0.3 is 5.97 Å². The highest BCUT2D eigenvalue weighted by Gasteiger charge is 2.64. The summed E-state index contributed by atoms with van der Waals surface area (Å²) in [6.45, 7) is 4.76. The second-order valence-electron chi connectivity index (χ2n) is 9.81. The van der Waals surface area contributed by atoms with Crippen LogP contribution in [0.2, 0.25) is 5.02 Å². The Bertz CT molecular complexity index is 1230. The number of nitrogens with zero attached hydrogens (tertiary/aromatic N) is 4. The van der Waals surface area contributed by atoms with Gasteiger partial charge in [-0.2, -0.15) is 0 Å². The van der Waals surface area contributed by atoms with E-state index in [1.807, 2.05) is 0 Å². The van der Waals surface area contributed by atoms with E-state index in [1.54, 1.807) is 32.9 Å². The predicted molar refractivity (Wildman–Crippen MR) is 123 cm³/mol. The zero-order chi connectivity index (χ0) is 24.4. The van der Waals surface area contributed by atoms with Crippen molar-refractivity contribution in [1.82, 2.24) is 15.1 Å². The minimum absolute atomic E-state index is 0.0426. The van der Waals surface area contributed by atoms with E-state index in [4.69, 9.17) is 16.3 Å². The molecule has 1 aromatic carbocycles. The highest BCUT2D eigenvalue weighted by molar-refractivity contribution is 7.11. The first-order valence-corrected chi connectivity index (χ1v) is 12.2. The molecule has 1 unspecified atom stereocenters. The molecule has 3 aliphatic rings. The summed E-state index contributed by atoms with van der Waals surface area (Å²) in [7, 11) is 0. The highest BCUT2D eigenvalue weighted by atomic mass is 35.5. The van der Waals surface area contributed by atoms with Gasteiger partial charge in [-0.05, 0) is 51.8 Å². The van der Waals surface area contributed by atoms with Crippen LogP contribution in [-0.2, 0) is 35.9 Å². The number of imide groups is 1. The lowest BCUT2D eigenvalue weighted by Gasteiger charge is -2.24. The Balaban J connectivity index is 1.47. The van der Waals surface area contributed by atoms with Gasteiger partial charge in [0.15, 0.2) is 5.41 Å². The summed E-state index contributed by atoms with van der Waals surface area (Å²) in [5, 5.41) is 10.1. The third kappa shape index (κ3) is 3.78. The Hall–Kier alpha value is -2.85. The fraction of sp³-hybridized carbons (Fsp3) is 0.478. The molecule has 2 aromatic rings. The summed E-state index contributed by atoms with van der Waals surface area (Å²) in [5.41, 5.74) is -1.80. The van der Waals surface area contributed by atoms with Crippen LogP contribution in [0.25, 0.3) is 0 Å². The summed E-state index contributed by atoms with van der Waals surface area (Å²) in [5.74, 6) is -1.96. The lowest BCUT2D eigenvalue weighted by atomic mass is 9.80. The Morgan fingerprint density at radius 1 is 1.18 bits per heavy atom. The number of hydrogen-bond donors (Lipinski definition) is 0. The average Bonchev–Trinajstić information content (AvgIpc) is 3.38. The van der Waals surface area contributed by atoms with Gasteiger partial charge in [-0.3, -0.25) is 29.0 Å². The molecule has 3 heterocycles. The molecule has 1 spiro atoms. The van der Waals surface area contributed by atoms with Gasteiger partial charge in [-0.15, -0.1) is 10.2 Å². The van der Waals surface area contributed by atoms with Crippen LogP contribution in [0.1, 0.15) is 61.5 Å². The van der Waals surface area contributed by atoms with Crippen LogP contribution in [0.5, 0.6) is 0 Å². The monoisotopic (exact) mass is 502 g/mol. The van der Waals surface area contributed by atoms with E-state index in [0.717, 1.165) is 22.7 Å². The van der Waals surface area contributed by atoms with Gasteiger partial charge < -0.3 is 4.74 Å². The number of halogens is 1. The van der Waals surface area contributed by atoms with Crippen LogP contribution in [0.15, 0.2) is 18.2 Å². The van der Waals surface area contributed by atoms with Crippen LogP contribution < -0.4 is 4.90 Å². The first-order chi connectivity index (χ1) is 16.0. The molecule has 0 bridgehead atoms. The number of likely N-dealkylation sites (tertiary alicyclic amines) is 1. The van der Waals surface area contributed by atoms with Gasteiger partial charge in [0.05, 0.1) is 13.0 Å². The Labute approximate surface area is 205 Å². The first-order valence-electron chi connectivity index (χ1n) is 11.0. The van der Waals surface area contributed by atoms with Crippen LogP contribution in [0, 0.1) is 0 Å². The number of esters is 1. The number of ether oxygens (including phenoxy) is 1. The number of benzene rings is 1. The second-order valence-corrected chi connectivity index (χ2v) is 11.3. The van der Waals surface area contributed by atoms with E-state index in [-0.39, 0.29) is 19.5 Å². The van der Waals surface area contributed by atoms with Crippen LogP contribution in [0.3, 0.4) is 0 Å². The van der Waals surface area contributed by atoms with E-state index in [1.165, 1.54) is 22.3 Å². The van der Waals surface area contributed by atoms with E-state index < -0.39 is 34.7 Å². The third-order valence-corrected chi connectivity index (χ3v) is 7.36. The number of aromatic nitrogens is 2. The maximum atomic E-state index is 13.7. The van der Waals surface area contributed by atoms with E-state index in [9.17, 15) is 19.2 Å². The average molecular weight is 503 g/mol. The van der Waals surface area contributed by atoms with Crippen molar-refractivity contribution in [3.05, 3.63) is 38.8 Å². The normalized spacial score (nSPS) is 22.2. The first kappa shape index (κ1) is 22.9. The smallest absolute Gasteiger partial charge is 0.326 e. The van der Waals surface area contributed by atoms with Crippen molar-refractivity contribution >= 4 is 52.3 Å². The van der Waals surface area contributed by atoms with Crippen molar-refractivity contribution in [2.45, 2.75) is 63.5 Å². The largest absolute Gasteiger partial charge is 0.459 e. The number of fused-ring (bicyclic) bond motifs is 2. The molecule has 5 rings (SSSR count). The summed E-state index contributed by atoms with van der Waals surface area (Å²) >= 11 is 7.60. The molecular formula is C23H23ClN4O5S. The van der Waals surface area contributed by atoms with E-state index in [2.05, 4.69) is 10.2 Å². The Morgan fingerprint density at radius 3 is 2.56 bits per heavy atom. The molecule has 2 aliphatic heterocycles.